The zero-order chi connectivity index (χ0) is 15.5. The number of hydrogen-bond donors (Lipinski definition) is 0. The third kappa shape index (κ3) is 2.90. The molecule has 2 aromatic heterocycles. The second-order valence-corrected chi connectivity index (χ2v) is 6.79. The van der Waals surface area contributed by atoms with E-state index < -0.39 is 0 Å². The third-order valence-corrected chi connectivity index (χ3v) is 5.00. The molecule has 1 aromatic carbocycles. The van der Waals surface area contributed by atoms with Gasteiger partial charge >= 0.3 is 0 Å². The minimum Gasteiger partial charge on any atom is -0.183 e. The first kappa shape index (κ1) is 15.2. The molecule has 0 N–H and O–H groups in total. The Morgan fingerprint density at radius 3 is 2.36 bits per heavy atom. The maximum absolute atomic E-state index is 4.82. The fraction of sp³-hybridized carbons (Fsp3) is 0.471. The van der Waals surface area contributed by atoms with Crippen LogP contribution < -0.4 is 0 Å². The van der Waals surface area contributed by atoms with Gasteiger partial charge in [0.2, 0.25) is 4.96 Å². The van der Waals surface area contributed by atoms with Gasteiger partial charge < -0.3 is 0 Å². The van der Waals surface area contributed by atoms with Crippen LogP contribution in [0.15, 0.2) is 24.3 Å². The Hall–Kier alpha value is -1.75. The minimum absolute atomic E-state index is 0.549. The number of nitrogens with zero attached hydrogens (tertiary/aromatic N) is 4. The SMILES string of the molecule is CCCC(CCC)c1nn2c(-c3ccc(C)cc3)nnc2s1. The minimum atomic E-state index is 0.549. The summed E-state index contributed by atoms with van der Waals surface area (Å²) in [6.45, 7) is 6.56. The zero-order valence-corrected chi connectivity index (χ0v) is 14.2. The Morgan fingerprint density at radius 2 is 1.73 bits per heavy atom. The molecule has 0 aliphatic carbocycles. The molecule has 0 aliphatic rings. The predicted octanol–water partition coefficient (Wildman–Crippen LogP) is 4.85. The first-order valence-electron chi connectivity index (χ1n) is 8.02. The number of hydrogen-bond acceptors (Lipinski definition) is 4. The highest BCUT2D eigenvalue weighted by Gasteiger charge is 2.18. The maximum Gasteiger partial charge on any atom is 0.234 e. The molecule has 2 heterocycles. The lowest BCUT2D eigenvalue weighted by Crippen LogP contribution is -2.00. The molecule has 0 aliphatic heterocycles. The summed E-state index contributed by atoms with van der Waals surface area (Å²) in [5.41, 5.74) is 2.31. The lowest BCUT2D eigenvalue weighted by atomic mass is 9.99. The van der Waals surface area contributed by atoms with Gasteiger partial charge in [0.1, 0.15) is 5.01 Å². The highest BCUT2D eigenvalue weighted by atomic mass is 32.1. The molecule has 4 nitrogen and oxygen atoms in total. The van der Waals surface area contributed by atoms with Gasteiger partial charge in [0.05, 0.1) is 0 Å². The summed E-state index contributed by atoms with van der Waals surface area (Å²) in [4.78, 5) is 0.891. The van der Waals surface area contributed by atoms with Gasteiger partial charge in [-0.15, -0.1) is 10.2 Å². The van der Waals surface area contributed by atoms with Gasteiger partial charge in [-0.25, -0.2) is 0 Å². The Kier molecular flexibility index (Phi) is 4.52. The lowest BCUT2D eigenvalue weighted by molar-refractivity contribution is 0.552. The molecule has 22 heavy (non-hydrogen) atoms. The standard InChI is InChI=1S/C17H22N4S/c1-4-6-14(7-5-2)16-20-21-15(18-19-17(21)22-16)13-10-8-12(3)9-11-13/h8-11,14H,4-7H2,1-3H3. The summed E-state index contributed by atoms with van der Waals surface area (Å²) in [5.74, 6) is 1.39. The van der Waals surface area contributed by atoms with Crippen LogP contribution in [0.1, 0.15) is 56.0 Å². The predicted molar refractivity (Wildman–Crippen MR) is 91.4 cm³/mol. The normalized spacial score (nSPS) is 11.6. The molecular formula is C17H22N4S. The molecular weight excluding hydrogens is 292 g/mol. The Labute approximate surface area is 135 Å². The van der Waals surface area contributed by atoms with Crippen molar-refractivity contribution in [1.82, 2.24) is 19.8 Å². The molecule has 5 heteroatoms. The Balaban J connectivity index is 1.98. The summed E-state index contributed by atoms with van der Waals surface area (Å²) >= 11 is 1.68. The number of fused-ring (bicyclic) bond motifs is 1. The number of rotatable bonds is 6. The van der Waals surface area contributed by atoms with Crippen LogP contribution in [-0.2, 0) is 0 Å². The number of benzene rings is 1. The lowest BCUT2D eigenvalue weighted by Gasteiger charge is -2.10. The molecule has 0 spiro atoms. The topological polar surface area (TPSA) is 43.1 Å². The molecule has 0 fully saturated rings. The van der Waals surface area contributed by atoms with Crippen LogP contribution in [0.25, 0.3) is 16.3 Å². The fourth-order valence-electron chi connectivity index (χ4n) is 2.77. The maximum atomic E-state index is 4.82. The van der Waals surface area contributed by atoms with E-state index in [0.717, 1.165) is 16.3 Å². The van der Waals surface area contributed by atoms with Crippen molar-refractivity contribution >= 4 is 16.3 Å². The third-order valence-electron chi connectivity index (χ3n) is 3.94. The first-order valence-corrected chi connectivity index (χ1v) is 8.83. The van der Waals surface area contributed by atoms with Crippen molar-refractivity contribution in [2.24, 2.45) is 0 Å². The second kappa shape index (κ2) is 6.57. The smallest absolute Gasteiger partial charge is 0.183 e. The van der Waals surface area contributed by atoms with Crippen molar-refractivity contribution in [3.8, 4) is 11.4 Å². The van der Waals surface area contributed by atoms with E-state index in [1.54, 1.807) is 11.3 Å². The highest BCUT2D eigenvalue weighted by Crippen LogP contribution is 2.31. The molecule has 0 unspecified atom stereocenters. The average Bonchev–Trinajstić information content (AvgIpc) is 3.08. The van der Waals surface area contributed by atoms with Gasteiger partial charge in [-0.05, 0) is 19.8 Å². The van der Waals surface area contributed by atoms with Crippen LogP contribution in [0, 0.1) is 6.92 Å². The van der Waals surface area contributed by atoms with Crippen LogP contribution in [0.5, 0.6) is 0 Å². The van der Waals surface area contributed by atoms with Gasteiger partial charge in [0.25, 0.3) is 0 Å². The monoisotopic (exact) mass is 314 g/mol. The van der Waals surface area contributed by atoms with Crippen molar-refractivity contribution in [1.29, 1.82) is 0 Å². The molecule has 0 saturated carbocycles. The summed E-state index contributed by atoms with van der Waals surface area (Å²) in [5, 5.41) is 14.6. The average molecular weight is 314 g/mol. The van der Waals surface area contributed by atoms with Crippen molar-refractivity contribution in [3.63, 3.8) is 0 Å². The number of aromatic nitrogens is 4. The van der Waals surface area contributed by atoms with E-state index in [2.05, 4.69) is 55.2 Å². The van der Waals surface area contributed by atoms with Crippen LogP contribution in [0.3, 0.4) is 0 Å². The van der Waals surface area contributed by atoms with Crippen molar-refractivity contribution in [2.45, 2.75) is 52.4 Å². The van der Waals surface area contributed by atoms with E-state index in [-0.39, 0.29) is 0 Å². The first-order chi connectivity index (χ1) is 10.7. The van der Waals surface area contributed by atoms with Crippen LogP contribution in [-0.4, -0.2) is 19.8 Å². The molecule has 3 aromatic rings. The van der Waals surface area contributed by atoms with Gasteiger partial charge in [-0.2, -0.15) is 9.61 Å². The van der Waals surface area contributed by atoms with Crippen LogP contribution >= 0.6 is 11.3 Å². The molecule has 116 valence electrons. The van der Waals surface area contributed by atoms with Gasteiger partial charge in [0.15, 0.2) is 5.82 Å². The second-order valence-electron chi connectivity index (χ2n) is 5.80. The van der Waals surface area contributed by atoms with E-state index in [9.17, 15) is 0 Å². The van der Waals surface area contributed by atoms with Crippen LogP contribution in [0.2, 0.25) is 0 Å². The largest absolute Gasteiger partial charge is 0.234 e. The Morgan fingerprint density at radius 1 is 1.05 bits per heavy atom. The summed E-state index contributed by atoms with van der Waals surface area (Å²) < 4.78 is 1.91. The molecule has 3 rings (SSSR count). The summed E-state index contributed by atoms with van der Waals surface area (Å²) in [6.07, 6.45) is 4.76. The van der Waals surface area contributed by atoms with Crippen LogP contribution in [0.4, 0.5) is 0 Å². The van der Waals surface area contributed by atoms with E-state index in [4.69, 9.17) is 5.10 Å². The molecule has 0 radical (unpaired) electrons. The molecule has 0 atom stereocenters. The summed E-state index contributed by atoms with van der Waals surface area (Å²) in [6, 6.07) is 8.36. The summed E-state index contributed by atoms with van der Waals surface area (Å²) in [7, 11) is 0. The van der Waals surface area contributed by atoms with Gasteiger partial charge in [-0.3, -0.25) is 0 Å². The van der Waals surface area contributed by atoms with E-state index in [0.29, 0.717) is 5.92 Å². The van der Waals surface area contributed by atoms with Crippen molar-refractivity contribution in [2.75, 3.05) is 0 Å². The van der Waals surface area contributed by atoms with Gasteiger partial charge in [-0.1, -0.05) is 67.9 Å². The highest BCUT2D eigenvalue weighted by molar-refractivity contribution is 7.16. The van der Waals surface area contributed by atoms with E-state index in [1.807, 2.05) is 4.52 Å². The van der Waals surface area contributed by atoms with Crippen molar-refractivity contribution in [3.05, 3.63) is 34.8 Å². The zero-order valence-electron chi connectivity index (χ0n) is 13.4. The van der Waals surface area contributed by atoms with Gasteiger partial charge in [0, 0.05) is 11.5 Å². The molecule has 0 saturated heterocycles. The van der Waals surface area contributed by atoms with E-state index >= 15 is 0 Å². The fourth-order valence-corrected chi connectivity index (χ4v) is 3.77. The number of aryl methyl sites for hydroxylation is 1. The van der Waals surface area contributed by atoms with Crippen molar-refractivity contribution < 1.29 is 0 Å². The molecule has 0 bridgehead atoms. The quantitative estimate of drug-likeness (QED) is 0.653. The Bertz CT molecular complexity index is 736. The molecule has 0 amide bonds. The van der Waals surface area contributed by atoms with E-state index in [1.165, 1.54) is 36.3 Å².